The maximum Gasteiger partial charge on any atom is 0.294 e. The molecular formula is C19H13BrN2O6S. The molecule has 8 nitrogen and oxygen atoms in total. The number of carbonyl (C=O) groups excluding carboxylic acids is 3. The first-order valence-electron chi connectivity index (χ1n) is 8.34. The Morgan fingerprint density at radius 3 is 2.79 bits per heavy atom. The minimum absolute atomic E-state index is 0.0652. The van der Waals surface area contributed by atoms with Crippen molar-refractivity contribution in [3.63, 3.8) is 0 Å². The first-order valence-corrected chi connectivity index (χ1v) is 9.95. The lowest BCUT2D eigenvalue weighted by molar-refractivity contribution is -0.127. The third-order valence-corrected chi connectivity index (χ3v) is 5.64. The van der Waals surface area contributed by atoms with Gasteiger partial charge in [0.05, 0.1) is 9.38 Å². The average Bonchev–Trinajstić information content (AvgIpc) is 3.24. The number of phenols is 1. The summed E-state index contributed by atoms with van der Waals surface area (Å²) in [6, 6.07) is 9.62. The Morgan fingerprint density at radius 1 is 1.21 bits per heavy atom. The molecule has 1 fully saturated rings. The van der Waals surface area contributed by atoms with Crippen molar-refractivity contribution in [3.8, 4) is 17.2 Å². The van der Waals surface area contributed by atoms with E-state index in [1.807, 2.05) is 0 Å². The van der Waals surface area contributed by atoms with E-state index in [4.69, 9.17) is 9.47 Å². The van der Waals surface area contributed by atoms with E-state index in [1.54, 1.807) is 30.3 Å². The van der Waals surface area contributed by atoms with Crippen molar-refractivity contribution in [1.82, 2.24) is 4.90 Å². The Labute approximate surface area is 177 Å². The molecule has 0 unspecified atom stereocenters. The van der Waals surface area contributed by atoms with E-state index in [9.17, 15) is 19.5 Å². The molecule has 0 aliphatic carbocycles. The van der Waals surface area contributed by atoms with Gasteiger partial charge < -0.3 is 19.9 Å². The lowest BCUT2D eigenvalue weighted by atomic mass is 10.2. The van der Waals surface area contributed by atoms with Crippen molar-refractivity contribution in [2.75, 3.05) is 18.7 Å². The Bertz CT molecular complexity index is 1070. The van der Waals surface area contributed by atoms with Gasteiger partial charge in [0, 0.05) is 11.8 Å². The predicted octanol–water partition coefficient (Wildman–Crippen LogP) is 3.56. The van der Waals surface area contributed by atoms with Gasteiger partial charge in [-0.05, 0) is 63.6 Å². The van der Waals surface area contributed by atoms with Gasteiger partial charge in [-0.15, -0.1) is 0 Å². The summed E-state index contributed by atoms with van der Waals surface area (Å²) >= 11 is 3.95. The summed E-state index contributed by atoms with van der Waals surface area (Å²) in [6.07, 6.45) is 1.53. The van der Waals surface area contributed by atoms with Crippen LogP contribution in [0.2, 0.25) is 0 Å². The van der Waals surface area contributed by atoms with Crippen LogP contribution in [0, 0.1) is 0 Å². The number of hydrogen-bond donors (Lipinski definition) is 2. The molecule has 0 aromatic heterocycles. The van der Waals surface area contributed by atoms with Gasteiger partial charge in [0.2, 0.25) is 12.7 Å². The Morgan fingerprint density at radius 2 is 2.00 bits per heavy atom. The Balaban J connectivity index is 1.44. The Kier molecular flexibility index (Phi) is 5.20. The molecule has 29 heavy (non-hydrogen) atoms. The van der Waals surface area contributed by atoms with E-state index in [0.29, 0.717) is 27.2 Å². The molecule has 3 amide bonds. The van der Waals surface area contributed by atoms with Crippen LogP contribution in [0.15, 0.2) is 45.8 Å². The normalized spacial score (nSPS) is 16.6. The van der Waals surface area contributed by atoms with Crippen molar-refractivity contribution in [3.05, 3.63) is 51.3 Å². The van der Waals surface area contributed by atoms with Crippen LogP contribution in [0.3, 0.4) is 0 Å². The van der Waals surface area contributed by atoms with E-state index in [1.165, 1.54) is 12.1 Å². The second kappa shape index (κ2) is 7.80. The lowest BCUT2D eigenvalue weighted by Gasteiger charge is -2.12. The van der Waals surface area contributed by atoms with Crippen LogP contribution in [-0.2, 0) is 9.59 Å². The smallest absolute Gasteiger partial charge is 0.294 e. The van der Waals surface area contributed by atoms with Crippen molar-refractivity contribution >= 4 is 56.5 Å². The molecule has 2 aromatic rings. The number of carbonyl (C=O) groups is 3. The largest absolute Gasteiger partial charge is 0.507 e. The average molecular weight is 477 g/mol. The maximum absolute atomic E-state index is 12.6. The molecule has 0 spiro atoms. The zero-order valence-electron chi connectivity index (χ0n) is 14.7. The fourth-order valence-electron chi connectivity index (χ4n) is 2.72. The molecule has 0 atom stereocenters. The third kappa shape index (κ3) is 4.08. The standard InChI is InChI=1S/C19H13BrN2O6S/c20-12-5-10(1-3-13(12)23)6-16-18(25)22(19(26)29-16)8-17(24)21-11-2-4-14-15(7-11)28-9-27-14/h1-7,23H,8-9H2,(H,21,24)/b16-6+. The number of nitrogens with zero attached hydrogens (tertiary/aromatic N) is 1. The second-order valence-corrected chi connectivity index (χ2v) is 7.94. The molecule has 1 saturated heterocycles. The number of phenolic OH excluding ortho intramolecular Hbond substituents is 1. The minimum Gasteiger partial charge on any atom is -0.507 e. The van der Waals surface area contributed by atoms with Crippen LogP contribution in [0.4, 0.5) is 10.5 Å². The molecule has 2 aromatic carbocycles. The minimum atomic E-state index is -0.551. The number of nitrogens with one attached hydrogen (secondary N) is 1. The first kappa shape index (κ1) is 19.3. The number of fused-ring (bicyclic) bond motifs is 1. The monoisotopic (exact) mass is 476 g/mol. The van der Waals surface area contributed by atoms with Crippen LogP contribution in [0.25, 0.3) is 6.08 Å². The van der Waals surface area contributed by atoms with Gasteiger partial charge in [-0.25, -0.2) is 0 Å². The fourth-order valence-corrected chi connectivity index (χ4v) is 3.95. The van der Waals surface area contributed by atoms with E-state index in [2.05, 4.69) is 21.2 Å². The SMILES string of the molecule is O=C(CN1C(=O)S/C(=C/c2ccc(O)c(Br)c2)C1=O)Nc1ccc2c(c1)OCO2. The number of hydrogen-bond acceptors (Lipinski definition) is 7. The van der Waals surface area contributed by atoms with Crippen molar-refractivity contribution in [2.45, 2.75) is 0 Å². The van der Waals surface area contributed by atoms with Crippen LogP contribution in [-0.4, -0.2) is 40.4 Å². The molecule has 2 aliphatic rings. The number of amides is 3. The summed E-state index contributed by atoms with van der Waals surface area (Å²) in [5, 5.41) is 11.7. The first-order chi connectivity index (χ1) is 13.9. The highest BCUT2D eigenvalue weighted by atomic mass is 79.9. The lowest BCUT2D eigenvalue weighted by Crippen LogP contribution is -2.36. The highest BCUT2D eigenvalue weighted by molar-refractivity contribution is 9.10. The summed E-state index contributed by atoms with van der Waals surface area (Å²) in [5.41, 5.74) is 1.10. The number of thioether (sulfide) groups is 1. The highest BCUT2D eigenvalue weighted by Crippen LogP contribution is 2.35. The van der Waals surface area contributed by atoms with E-state index in [-0.39, 0.29) is 17.4 Å². The molecular weight excluding hydrogens is 464 g/mol. The van der Waals surface area contributed by atoms with Gasteiger partial charge >= 0.3 is 0 Å². The third-order valence-electron chi connectivity index (χ3n) is 4.10. The maximum atomic E-state index is 12.6. The number of anilines is 1. The number of aromatic hydroxyl groups is 1. The summed E-state index contributed by atoms with van der Waals surface area (Å²) < 4.78 is 10.9. The van der Waals surface area contributed by atoms with Crippen LogP contribution >= 0.6 is 27.7 Å². The zero-order chi connectivity index (χ0) is 20.5. The number of imide groups is 1. The number of halogens is 1. The molecule has 10 heteroatoms. The van der Waals surface area contributed by atoms with Crippen molar-refractivity contribution in [2.24, 2.45) is 0 Å². The molecule has 148 valence electrons. The van der Waals surface area contributed by atoms with Gasteiger partial charge in [-0.3, -0.25) is 19.3 Å². The van der Waals surface area contributed by atoms with Gasteiger partial charge in [-0.2, -0.15) is 0 Å². The molecule has 2 N–H and O–H groups in total. The zero-order valence-corrected chi connectivity index (χ0v) is 17.1. The van der Waals surface area contributed by atoms with Crippen LogP contribution < -0.4 is 14.8 Å². The second-order valence-electron chi connectivity index (χ2n) is 6.09. The predicted molar refractivity (Wildman–Crippen MR) is 110 cm³/mol. The van der Waals surface area contributed by atoms with Crippen molar-refractivity contribution < 1.29 is 29.0 Å². The summed E-state index contributed by atoms with van der Waals surface area (Å²) in [7, 11) is 0. The van der Waals surface area contributed by atoms with Crippen LogP contribution in [0.5, 0.6) is 17.2 Å². The molecule has 2 heterocycles. The van der Waals surface area contributed by atoms with Gasteiger partial charge in [0.25, 0.3) is 11.1 Å². The van der Waals surface area contributed by atoms with Gasteiger partial charge in [0.1, 0.15) is 12.3 Å². The van der Waals surface area contributed by atoms with E-state index < -0.39 is 23.6 Å². The number of rotatable bonds is 4. The molecule has 0 radical (unpaired) electrons. The van der Waals surface area contributed by atoms with Crippen molar-refractivity contribution in [1.29, 1.82) is 0 Å². The summed E-state index contributed by atoms with van der Waals surface area (Å²) in [6.45, 7) is -0.289. The highest BCUT2D eigenvalue weighted by Gasteiger charge is 2.36. The summed E-state index contributed by atoms with van der Waals surface area (Å²) in [5.74, 6) is 0.0946. The number of benzene rings is 2. The quantitative estimate of drug-likeness (QED) is 0.649. The van der Waals surface area contributed by atoms with Gasteiger partial charge in [0.15, 0.2) is 11.5 Å². The number of ether oxygens (including phenoxy) is 2. The molecule has 0 saturated carbocycles. The topological polar surface area (TPSA) is 105 Å². The Hall–Kier alpha value is -2.98. The molecule has 4 rings (SSSR count). The molecule has 2 aliphatic heterocycles. The van der Waals surface area contributed by atoms with Crippen LogP contribution in [0.1, 0.15) is 5.56 Å². The van der Waals surface area contributed by atoms with Gasteiger partial charge in [-0.1, -0.05) is 6.07 Å². The fraction of sp³-hybridized carbons (Fsp3) is 0.105. The van der Waals surface area contributed by atoms with E-state index in [0.717, 1.165) is 16.7 Å². The van der Waals surface area contributed by atoms with E-state index >= 15 is 0 Å². The summed E-state index contributed by atoms with van der Waals surface area (Å²) in [4.78, 5) is 38.2. The molecule has 0 bridgehead atoms.